The summed E-state index contributed by atoms with van der Waals surface area (Å²) in [5, 5.41) is 7.27. The third-order valence-corrected chi connectivity index (χ3v) is 5.25. The van der Waals surface area contributed by atoms with Crippen molar-refractivity contribution >= 4 is 34.0 Å². The Labute approximate surface area is 189 Å². The average molecular weight is 471 g/mol. The maximum Gasteiger partial charge on any atom is 0.405 e. The predicted molar refractivity (Wildman–Crippen MR) is 119 cm³/mol. The van der Waals surface area contributed by atoms with Gasteiger partial charge in [0.05, 0.1) is 22.3 Å². The molecule has 0 aliphatic heterocycles. The summed E-state index contributed by atoms with van der Waals surface area (Å²) in [4.78, 5) is 21.8. The molecule has 0 amide bonds. The number of hydrogen-bond donors (Lipinski definition) is 1. The molecule has 7 nitrogen and oxygen atoms in total. The van der Waals surface area contributed by atoms with Gasteiger partial charge in [-0.15, -0.1) is 0 Å². The molecule has 0 aliphatic rings. The van der Waals surface area contributed by atoms with Gasteiger partial charge in [-0.25, -0.2) is 14.5 Å². The van der Waals surface area contributed by atoms with E-state index in [0.29, 0.717) is 21.7 Å². The van der Waals surface area contributed by atoms with Crippen molar-refractivity contribution in [1.82, 2.24) is 24.1 Å². The van der Waals surface area contributed by atoms with Gasteiger partial charge in [-0.1, -0.05) is 23.7 Å². The van der Waals surface area contributed by atoms with E-state index in [4.69, 9.17) is 11.6 Å². The summed E-state index contributed by atoms with van der Waals surface area (Å²) >= 11 is 6.00. The van der Waals surface area contributed by atoms with Gasteiger partial charge in [0.25, 0.3) is 5.56 Å². The molecule has 166 valence electrons. The van der Waals surface area contributed by atoms with Crippen LogP contribution in [0.2, 0.25) is 5.02 Å². The lowest BCUT2D eigenvalue weighted by Gasteiger charge is -2.14. The number of alkyl halides is 3. The molecule has 0 aliphatic carbocycles. The summed E-state index contributed by atoms with van der Waals surface area (Å²) in [7, 11) is 0. The highest BCUT2D eigenvalue weighted by Gasteiger charge is 2.27. The van der Waals surface area contributed by atoms with Crippen LogP contribution in [-0.4, -0.2) is 36.9 Å². The number of nitrogens with one attached hydrogen (secondary N) is 1. The van der Waals surface area contributed by atoms with Gasteiger partial charge < -0.3 is 5.32 Å². The van der Waals surface area contributed by atoms with E-state index in [1.807, 2.05) is 0 Å². The molecule has 0 atom stereocenters. The summed E-state index contributed by atoms with van der Waals surface area (Å²) < 4.78 is 41.0. The molecule has 0 unspecified atom stereocenters. The summed E-state index contributed by atoms with van der Waals surface area (Å²) in [5.41, 5.74) is 1.95. The van der Waals surface area contributed by atoms with E-state index in [1.54, 1.807) is 65.6 Å². The normalized spacial score (nSPS) is 11.9. The van der Waals surface area contributed by atoms with Crippen LogP contribution in [0.1, 0.15) is 0 Å². The first kappa shape index (κ1) is 21.0. The highest BCUT2D eigenvalue weighted by atomic mass is 35.5. The Morgan fingerprint density at radius 1 is 1.09 bits per heavy atom. The lowest BCUT2D eigenvalue weighted by Crippen LogP contribution is -2.23. The first-order valence-electron chi connectivity index (χ1n) is 9.71. The summed E-state index contributed by atoms with van der Waals surface area (Å²) in [6.07, 6.45) is 1.88. The second-order valence-corrected chi connectivity index (χ2v) is 7.67. The maximum atomic E-state index is 13.6. The molecule has 0 saturated carbocycles. The zero-order valence-electron chi connectivity index (χ0n) is 16.7. The fourth-order valence-corrected chi connectivity index (χ4v) is 3.62. The number of halogens is 4. The van der Waals surface area contributed by atoms with Gasteiger partial charge >= 0.3 is 6.18 Å². The number of nitrogens with zero attached hydrogens (tertiary/aromatic N) is 5. The fraction of sp³-hybridized carbons (Fsp3) is 0.0909. The Hall–Kier alpha value is -3.92. The van der Waals surface area contributed by atoms with Crippen molar-refractivity contribution < 1.29 is 13.2 Å². The molecule has 5 aromatic rings. The molecule has 33 heavy (non-hydrogen) atoms. The monoisotopic (exact) mass is 470 g/mol. The number of anilines is 1. The van der Waals surface area contributed by atoms with Crippen LogP contribution in [0.4, 0.5) is 19.1 Å². The second-order valence-electron chi connectivity index (χ2n) is 7.24. The van der Waals surface area contributed by atoms with Crippen molar-refractivity contribution in [3.05, 3.63) is 82.6 Å². The third kappa shape index (κ3) is 4.12. The Balaban J connectivity index is 1.73. The van der Waals surface area contributed by atoms with E-state index >= 15 is 0 Å². The van der Waals surface area contributed by atoms with Gasteiger partial charge in [0.15, 0.2) is 0 Å². The van der Waals surface area contributed by atoms with Crippen molar-refractivity contribution in [1.29, 1.82) is 0 Å². The first-order chi connectivity index (χ1) is 15.8. The van der Waals surface area contributed by atoms with Gasteiger partial charge in [-0.2, -0.15) is 18.3 Å². The molecule has 1 N–H and O–H groups in total. The zero-order chi connectivity index (χ0) is 23.2. The minimum absolute atomic E-state index is 0.218. The molecular formula is C22H14ClF3N6O. The van der Waals surface area contributed by atoms with Gasteiger partial charge in [0.1, 0.15) is 6.54 Å². The number of aromatic nitrogens is 5. The number of pyridine rings is 2. The Morgan fingerprint density at radius 3 is 2.64 bits per heavy atom. The largest absolute Gasteiger partial charge is 0.405 e. The van der Waals surface area contributed by atoms with Crippen LogP contribution in [0.5, 0.6) is 0 Å². The molecule has 5 rings (SSSR count). The topological polar surface area (TPSA) is 77.1 Å². The van der Waals surface area contributed by atoms with Gasteiger partial charge in [-0.3, -0.25) is 9.36 Å². The maximum absolute atomic E-state index is 13.6. The molecule has 0 radical (unpaired) electrons. The minimum atomic E-state index is -4.44. The van der Waals surface area contributed by atoms with E-state index < -0.39 is 18.3 Å². The first-order valence-corrected chi connectivity index (χ1v) is 10.1. The van der Waals surface area contributed by atoms with Crippen molar-refractivity contribution in [3.63, 3.8) is 0 Å². The zero-order valence-corrected chi connectivity index (χ0v) is 17.5. The van der Waals surface area contributed by atoms with E-state index in [1.165, 1.54) is 10.8 Å². The Morgan fingerprint density at radius 2 is 1.88 bits per heavy atom. The van der Waals surface area contributed by atoms with Gasteiger partial charge in [0.2, 0.25) is 5.95 Å². The van der Waals surface area contributed by atoms with Crippen molar-refractivity contribution in [3.8, 4) is 16.8 Å². The predicted octanol–water partition coefficient (Wildman–Crippen LogP) is 4.72. The van der Waals surface area contributed by atoms with Crippen LogP contribution >= 0.6 is 11.6 Å². The molecule has 4 aromatic heterocycles. The number of rotatable bonds is 4. The molecule has 0 fully saturated rings. The van der Waals surface area contributed by atoms with Crippen LogP contribution < -0.4 is 10.9 Å². The average Bonchev–Trinajstić information content (AvgIpc) is 3.25. The number of fused-ring (bicyclic) bond motifs is 2. The third-order valence-electron chi connectivity index (χ3n) is 5.00. The van der Waals surface area contributed by atoms with Crippen LogP contribution in [-0.2, 0) is 0 Å². The molecule has 4 heterocycles. The van der Waals surface area contributed by atoms with Crippen LogP contribution in [0.15, 0.2) is 72.0 Å². The van der Waals surface area contributed by atoms with Crippen molar-refractivity contribution in [2.45, 2.75) is 6.18 Å². The van der Waals surface area contributed by atoms with E-state index in [-0.39, 0.29) is 17.0 Å². The fourth-order valence-electron chi connectivity index (χ4n) is 3.50. The van der Waals surface area contributed by atoms with E-state index in [0.717, 1.165) is 5.52 Å². The molecule has 1 aromatic carbocycles. The Bertz CT molecular complexity index is 1540. The number of hydrogen-bond acceptors (Lipinski definition) is 5. The van der Waals surface area contributed by atoms with Crippen molar-refractivity contribution in [2.24, 2.45) is 0 Å². The summed E-state index contributed by atoms with van der Waals surface area (Å²) in [6, 6.07) is 11.9. The summed E-state index contributed by atoms with van der Waals surface area (Å²) in [5.74, 6) is -0.229. The Kier molecular flexibility index (Phi) is 5.01. The lowest BCUT2D eigenvalue weighted by atomic mass is 10.0. The van der Waals surface area contributed by atoms with Gasteiger partial charge in [-0.05, 0) is 35.9 Å². The SMILES string of the molecule is O=c1c(-c2ccc(Cl)cc2)c2nc(NCC(F)(F)F)ncc2cn1-c1ccn2nccc2c1. The van der Waals surface area contributed by atoms with Crippen LogP contribution in [0.25, 0.3) is 33.2 Å². The number of benzene rings is 1. The highest BCUT2D eigenvalue weighted by molar-refractivity contribution is 6.30. The highest BCUT2D eigenvalue weighted by Crippen LogP contribution is 2.27. The van der Waals surface area contributed by atoms with E-state index in [9.17, 15) is 18.0 Å². The lowest BCUT2D eigenvalue weighted by molar-refractivity contribution is -0.115. The smallest absolute Gasteiger partial charge is 0.345 e. The van der Waals surface area contributed by atoms with E-state index in [2.05, 4.69) is 20.4 Å². The second kappa shape index (κ2) is 7.89. The van der Waals surface area contributed by atoms with Crippen LogP contribution in [0.3, 0.4) is 0 Å². The van der Waals surface area contributed by atoms with Crippen LogP contribution in [0, 0.1) is 0 Å². The quantitative estimate of drug-likeness (QED) is 0.411. The molecule has 0 spiro atoms. The standard InChI is InChI=1S/C22H14ClF3N6O/c23-15-3-1-13(2-4-15)18-19-14(10-27-21(30-19)28-12-22(24,25)26)11-31(20(18)33)16-6-8-32-17(9-16)5-7-29-32/h1-11H,12H2,(H,28,30). The summed E-state index contributed by atoms with van der Waals surface area (Å²) in [6.45, 7) is -1.29. The van der Waals surface area contributed by atoms with Gasteiger partial charge in [0, 0.05) is 35.2 Å². The molecule has 0 bridgehead atoms. The molecule has 11 heteroatoms. The van der Waals surface area contributed by atoms with Crippen molar-refractivity contribution in [2.75, 3.05) is 11.9 Å². The molecule has 0 saturated heterocycles. The molecular weight excluding hydrogens is 457 g/mol. The minimum Gasteiger partial charge on any atom is -0.345 e.